The summed E-state index contributed by atoms with van der Waals surface area (Å²) >= 11 is 0. The normalized spacial score (nSPS) is 28.0. The lowest BCUT2D eigenvalue weighted by molar-refractivity contribution is -0.00373. The number of nitrogens with one attached hydrogen (secondary N) is 1. The molecule has 0 aromatic carbocycles. The quantitative estimate of drug-likeness (QED) is 0.207. The Bertz CT molecular complexity index is 1210. The Morgan fingerprint density at radius 2 is 1.78 bits per heavy atom. The fraction of sp³-hybridized carbons (Fsp3) is 0.583. The van der Waals surface area contributed by atoms with E-state index < -0.39 is 59.8 Å². The number of hydrogen-bond donors (Lipinski definition) is 7. The average molecular weight is 520 g/mol. The van der Waals surface area contributed by atoms with E-state index in [1.807, 2.05) is 0 Å². The van der Waals surface area contributed by atoms with Gasteiger partial charge < -0.3 is 39.3 Å². The molecule has 7 N–H and O–H groups in total. The fourth-order valence-corrected chi connectivity index (χ4v) is 6.39. The molecule has 2 heterocycles. The third-order valence-electron chi connectivity index (χ3n) is 4.55. The number of hydrogen-bond acceptors (Lipinski definition) is 11. The SMILES string of the molecule is Cc1nc2c(ncn2[C@@H]2C[C@H](COP(=O)(O)OP(=O)(O)OP(=O)(O)O)[C@H](O)C2O)c(=O)[nH]1. The summed E-state index contributed by atoms with van der Waals surface area (Å²) in [6, 6.07) is -0.863. The second kappa shape index (κ2) is 8.80. The Kier molecular flexibility index (Phi) is 6.96. The Hall–Kier alpha value is -1.32. The van der Waals surface area contributed by atoms with E-state index in [2.05, 4.69) is 28.1 Å². The van der Waals surface area contributed by atoms with Crippen LogP contribution in [0.4, 0.5) is 0 Å². The fourth-order valence-electron chi connectivity index (χ4n) is 3.31. The number of phosphoric acid groups is 3. The van der Waals surface area contributed by atoms with Gasteiger partial charge in [0.25, 0.3) is 5.56 Å². The van der Waals surface area contributed by atoms with Crippen molar-refractivity contribution in [2.45, 2.75) is 31.6 Å². The number of H-pyrrole nitrogens is 1. The third-order valence-corrected chi connectivity index (χ3v) is 8.35. The maximum atomic E-state index is 12.0. The maximum Gasteiger partial charge on any atom is 0.490 e. The minimum Gasteiger partial charge on any atom is -0.390 e. The zero-order valence-electron chi connectivity index (χ0n) is 16.0. The molecule has 0 bridgehead atoms. The molecule has 2 aromatic heterocycles. The lowest BCUT2D eigenvalue weighted by Crippen LogP contribution is -2.30. The second-order valence-corrected chi connectivity index (χ2v) is 11.3. The molecule has 1 aliphatic rings. The molecule has 0 aliphatic heterocycles. The first-order chi connectivity index (χ1) is 14.6. The van der Waals surface area contributed by atoms with Gasteiger partial charge in [-0.25, -0.2) is 23.7 Å². The lowest BCUT2D eigenvalue weighted by atomic mass is 10.1. The number of aromatic amines is 1. The summed E-state index contributed by atoms with van der Waals surface area (Å²) in [6.07, 6.45) is -1.74. The molecule has 32 heavy (non-hydrogen) atoms. The average Bonchev–Trinajstić information content (AvgIpc) is 3.12. The van der Waals surface area contributed by atoms with Crippen LogP contribution < -0.4 is 5.56 Å². The van der Waals surface area contributed by atoms with Gasteiger partial charge in [0, 0.05) is 5.92 Å². The first-order valence-electron chi connectivity index (χ1n) is 8.66. The summed E-state index contributed by atoms with van der Waals surface area (Å²) in [5.41, 5.74) is -0.381. The molecule has 20 heteroatoms. The predicted molar refractivity (Wildman–Crippen MR) is 102 cm³/mol. The van der Waals surface area contributed by atoms with Crippen LogP contribution in [0.25, 0.3) is 11.2 Å². The van der Waals surface area contributed by atoms with Gasteiger partial charge in [-0.05, 0) is 13.3 Å². The first-order valence-corrected chi connectivity index (χ1v) is 13.2. The lowest BCUT2D eigenvalue weighted by Gasteiger charge is -2.19. The molecular weight excluding hydrogens is 501 g/mol. The molecule has 1 fully saturated rings. The number of imidazole rings is 1. The molecule has 2 aromatic rings. The molecule has 0 radical (unpaired) electrons. The number of rotatable bonds is 8. The summed E-state index contributed by atoms with van der Waals surface area (Å²) in [5.74, 6) is -0.720. The zero-order chi connectivity index (χ0) is 24.1. The minimum absolute atomic E-state index is 0.00555. The van der Waals surface area contributed by atoms with Gasteiger partial charge >= 0.3 is 23.5 Å². The maximum absolute atomic E-state index is 12.0. The van der Waals surface area contributed by atoms with Crippen molar-refractivity contribution in [1.29, 1.82) is 0 Å². The van der Waals surface area contributed by atoms with E-state index in [-0.39, 0.29) is 23.4 Å². The number of aliphatic hydroxyl groups excluding tert-OH is 2. The van der Waals surface area contributed by atoms with Crippen molar-refractivity contribution in [2.75, 3.05) is 6.61 Å². The summed E-state index contributed by atoms with van der Waals surface area (Å²) < 4.78 is 47.0. The van der Waals surface area contributed by atoms with Gasteiger partial charge in [0.15, 0.2) is 11.2 Å². The molecule has 3 unspecified atom stereocenters. The van der Waals surface area contributed by atoms with Crippen molar-refractivity contribution in [3.63, 3.8) is 0 Å². The molecule has 6 atom stereocenters. The van der Waals surface area contributed by atoms with Crippen molar-refractivity contribution >= 4 is 34.6 Å². The third kappa shape index (κ3) is 5.78. The molecule has 1 aliphatic carbocycles. The summed E-state index contributed by atoms with van der Waals surface area (Å²) in [4.78, 5) is 58.3. The molecule has 17 nitrogen and oxygen atoms in total. The number of fused-ring (bicyclic) bond motifs is 1. The summed E-state index contributed by atoms with van der Waals surface area (Å²) in [5, 5.41) is 20.7. The van der Waals surface area contributed by atoms with Gasteiger partial charge in [-0.3, -0.25) is 9.32 Å². The highest BCUT2D eigenvalue weighted by molar-refractivity contribution is 7.66. The molecule has 180 valence electrons. The molecule has 0 saturated heterocycles. The van der Waals surface area contributed by atoms with E-state index in [4.69, 9.17) is 14.7 Å². The van der Waals surface area contributed by atoms with Crippen LogP contribution in [0.15, 0.2) is 11.1 Å². The van der Waals surface area contributed by atoms with Crippen molar-refractivity contribution in [3.8, 4) is 0 Å². The van der Waals surface area contributed by atoms with E-state index >= 15 is 0 Å². The van der Waals surface area contributed by atoms with Crippen LogP contribution >= 0.6 is 23.5 Å². The van der Waals surface area contributed by atoms with Gasteiger partial charge in [0.1, 0.15) is 11.9 Å². The Balaban J connectivity index is 1.72. The van der Waals surface area contributed by atoms with Gasteiger partial charge in [-0.2, -0.15) is 8.62 Å². The smallest absolute Gasteiger partial charge is 0.390 e. The zero-order valence-corrected chi connectivity index (χ0v) is 18.7. The number of aryl methyl sites for hydroxylation is 1. The van der Waals surface area contributed by atoms with Crippen LogP contribution in [-0.4, -0.2) is 68.1 Å². The number of aromatic nitrogens is 4. The number of phosphoric ester groups is 1. The summed E-state index contributed by atoms with van der Waals surface area (Å²) in [6.45, 7) is 0.766. The van der Waals surface area contributed by atoms with Crippen LogP contribution in [0.2, 0.25) is 0 Å². The predicted octanol–water partition coefficient (Wildman–Crippen LogP) is -0.946. The molecule has 1 saturated carbocycles. The molecular formula is C12H19N4O13P3. The van der Waals surface area contributed by atoms with Crippen LogP contribution in [0.5, 0.6) is 0 Å². The van der Waals surface area contributed by atoms with Crippen molar-refractivity contribution in [2.24, 2.45) is 5.92 Å². The Labute approximate surface area is 178 Å². The van der Waals surface area contributed by atoms with E-state index in [0.29, 0.717) is 0 Å². The van der Waals surface area contributed by atoms with Crippen molar-refractivity contribution in [1.82, 2.24) is 19.5 Å². The van der Waals surface area contributed by atoms with E-state index in [0.717, 1.165) is 0 Å². The number of nitrogens with zero attached hydrogens (tertiary/aromatic N) is 3. The first kappa shape index (κ1) is 25.3. The largest absolute Gasteiger partial charge is 0.490 e. The van der Waals surface area contributed by atoms with Crippen LogP contribution in [0.1, 0.15) is 18.3 Å². The topological polar surface area (TPSA) is 264 Å². The standard InChI is InChI=1S/C12H19N4O13P3/c1-5-14-11-8(12(19)15-5)13-4-16(11)7-2-6(9(17)10(7)18)3-27-31(23,24)29-32(25,26)28-30(20,21)22/h4,6-7,9-10,17-18H,2-3H2,1H3,(H,23,24)(H,25,26)(H,14,15,19)(H2,20,21,22)/t6-,7-,9+,10?/m1/s1. The van der Waals surface area contributed by atoms with Gasteiger partial charge in [-0.1, -0.05) is 0 Å². The highest BCUT2D eigenvalue weighted by Gasteiger charge is 2.46. The molecule has 0 amide bonds. The van der Waals surface area contributed by atoms with E-state index in [1.54, 1.807) is 0 Å². The van der Waals surface area contributed by atoms with Crippen LogP contribution in [0.3, 0.4) is 0 Å². The second-order valence-electron chi connectivity index (χ2n) is 6.91. The summed E-state index contributed by atoms with van der Waals surface area (Å²) in [7, 11) is -16.6. The molecule has 0 spiro atoms. The monoisotopic (exact) mass is 520 g/mol. The van der Waals surface area contributed by atoms with Crippen molar-refractivity contribution in [3.05, 3.63) is 22.5 Å². The Morgan fingerprint density at radius 3 is 2.41 bits per heavy atom. The van der Waals surface area contributed by atoms with Gasteiger partial charge in [0.2, 0.25) is 0 Å². The van der Waals surface area contributed by atoms with Crippen LogP contribution in [0, 0.1) is 12.8 Å². The molecule has 3 rings (SSSR count). The van der Waals surface area contributed by atoms with E-state index in [9.17, 15) is 33.6 Å². The van der Waals surface area contributed by atoms with Crippen LogP contribution in [-0.2, 0) is 26.8 Å². The van der Waals surface area contributed by atoms with E-state index in [1.165, 1.54) is 17.8 Å². The number of aliphatic hydroxyl groups is 2. The minimum atomic E-state index is -5.68. The van der Waals surface area contributed by atoms with Gasteiger partial charge in [-0.15, -0.1) is 0 Å². The Morgan fingerprint density at radius 1 is 1.12 bits per heavy atom. The highest BCUT2D eigenvalue weighted by Crippen LogP contribution is 2.66. The van der Waals surface area contributed by atoms with Gasteiger partial charge in [0.05, 0.1) is 25.1 Å². The highest BCUT2D eigenvalue weighted by atomic mass is 31.3. The van der Waals surface area contributed by atoms with Crippen molar-refractivity contribution < 1.29 is 56.6 Å².